The molecule has 6 heterocycles. The number of nitrogens with one attached hydrogen (secondary N) is 1. The van der Waals surface area contributed by atoms with E-state index in [0.29, 0.717) is 29.6 Å². The van der Waals surface area contributed by atoms with Crippen molar-refractivity contribution >= 4 is 46.1 Å². The second-order valence-corrected chi connectivity index (χ2v) is 17.0. The molecule has 10 rings (SSSR count). The van der Waals surface area contributed by atoms with Crippen LogP contribution in [0.25, 0.3) is 22.2 Å². The number of rotatable bonds is 14. The first kappa shape index (κ1) is 44.5. The molecule has 3 aliphatic heterocycles. The van der Waals surface area contributed by atoms with Crippen LogP contribution in [0.3, 0.4) is 0 Å². The smallest absolute Gasteiger partial charge is 0.418 e. The molecule has 3 aromatic heterocycles. The average molecular weight is 930 g/mol. The zero-order chi connectivity index (χ0) is 46.5. The number of aryl methyl sites for hydroxylation is 1. The lowest BCUT2D eigenvalue weighted by Gasteiger charge is -2.35. The first-order valence-corrected chi connectivity index (χ1v) is 21.5. The highest BCUT2D eigenvalue weighted by Gasteiger charge is 2.53. The van der Waals surface area contributed by atoms with Crippen LogP contribution in [-0.4, -0.2) is 77.3 Å². The summed E-state index contributed by atoms with van der Waals surface area (Å²) >= 11 is 7.15. The second-order valence-electron chi connectivity index (χ2n) is 16.6. The first-order chi connectivity index (χ1) is 31.6. The van der Waals surface area contributed by atoms with E-state index in [2.05, 4.69) is 20.3 Å². The number of pyridine rings is 2. The Bertz CT molecular complexity index is 2760. The van der Waals surface area contributed by atoms with Gasteiger partial charge in [0.15, 0.2) is 11.6 Å². The third-order valence-electron chi connectivity index (χ3n) is 12.3. The van der Waals surface area contributed by atoms with Crippen molar-refractivity contribution in [3.63, 3.8) is 0 Å². The number of amides is 1. The maximum atomic E-state index is 17.9. The number of alkyl halides is 3. The van der Waals surface area contributed by atoms with E-state index < -0.39 is 57.1 Å². The number of anilines is 3. The number of hydrogen-bond donors (Lipinski definition) is 2. The summed E-state index contributed by atoms with van der Waals surface area (Å²) in [5, 5.41) is 11.4. The molecular weight excluding hydrogens is 886 g/mol. The molecule has 2 bridgehead atoms. The highest BCUT2D eigenvalue weighted by molar-refractivity contribution is 6.36. The van der Waals surface area contributed by atoms with Crippen molar-refractivity contribution in [3.8, 4) is 34.5 Å². The summed E-state index contributed by atoms with van der Waals surface area (Å²) in [6.45, 7) is 4.04. The molecule has 3 fully saturated rings. The highest BCUT2D eigenvalue weighted by atomic mass is 35.5. The molecule has 2 N–H and O–H groups in total. The molecule has 1 unspecified atom stereocenters. The standard InChI is InChI=1S/C47H44ClF4N7O7/c1-25-18-33(58(21-27-7-11-30(62-3)12-8-27)22-28-9-13-31(63-4)14-10-28)54-39(36(25)47(50,51)52)34-37(48)41-35-40(38(34)49)55-44(65-24-46-19-29(20-46)23-66-46)57-43(35)59(16-17-64-41)26(2)32-6-5-15-53-42(32)56-45(60)61/h5-15,18,26,29H,16-17,19-24H2,1-4H3,(H,53,56)(H,60,61). The largest absolute Gasteiger partial charge is 0.497 e. The molecule has 0 radical (unpaired) electrons. The van der Waals surface area contributed by atoms with Gasteiger partial charge in [-0.25, -0.2) is 19.2 Å². The van der Waals surface area contributed by atoms with Crippen LogP contribution in [0.5, 0.6) is 23.3 Å². The molecule has 1 saturated carbocycles. The van der Waals surface area contributed by atoms with Gasteiger partial charge in [-0.15, -0.1) is 0 Å². The summed E-state index contributed by atoms with van der Waals surface area (Å²) in [7, 11) is 3.09. The Kier molecular flexibility index (Phi) is 11.9. The number of halogens is 5. The van der Waals surface area contributed by atoms with Gasteiger partial charge in [-0.05, 0) is 85.7 Å². The third-order valence-corrected chi connectivity index (χ3v) is 12.7. The van der Waals surface area contributed by atoms with E-state index in [-0.39, 0.29) is 73.0 Å². The molecule has 1 atom stereocenters. The van der Waals surface area contributed by atoms with Gasteiger partial charge in [0.1, 0.15) is 53.3 Å². The normalized spacial score (nSPS) is 18.0. The topological polar surface area (TPSA) is 154 Å². The van der Waals surface area contributed by atoms with E-state index in [0.717, 1.165) is 24.0 Å². The molecule has 344 valence electrons. The van der Waals surface area contributed by atoms with Crippen LogP contribution in [0.1, 0.15) is 53.6 Å². The molecule has 66 heavy (non-hydrogen) atoms. The van der Waals surface area contributed by atoms with Gasteiger partial charge in [-0.1, -0.05) is 41.9 Å². The van der Waals surface area contributed by atoms with Gasteiger partial charge >= 0.3 is 18.3 Å². The van der Waals surface area contributed by atoms with Crippen LogP contribution >= 0.6 is 11.6 Å². The van der Waals surface area contributed by atoms with Gasteiger partial charge in [0.25, 0.3) is 0 Å². The number of ether oxygens (including phenoxy) is 5. The summed E-state index contributed by atoms with van der Waals surface area (Å²) in [4.78, 5) is 33.5. The fourth-order valence-corrected chi connectivity index (χ4v) is 9.38. The maximum absolute atomic E-state index is 17.9. The lowest BCUT2D eigenvalue weighted by molar-refractivity contribution is -0.137. The number of methoxy groups -OCH3 is 2. The summed E-state index contributed by atoms with van der Waals surface area (Å²) in [6, 6.07) is 18.1. The van der Waals surface area contributed by atoms with Gasteiger partial charge in [-0.2, -0.15) is 23.1 Å². The van der Waals surface area contributed by atoms with Crippen molar-refractivity contribution in [2.45, 2.75) is 57.6 Å². The van der Waals surface area contributed by atoms with E-state index in [1.54, 1.807) is 67.3 Å². The van der Waals surface area contributed by atoms with Gasteiger partial charge in [0.05, 0.1) is 60.6 Å². The third kappa shape index (κ3) is 8.50. The Labute approximate surface area is 381 Å². The van der Waals surface area contributed by atoms with Crippen LogP contribution in [-0.2, 0) is 24.0 Å². The van der Waals surface area contributed by atoms with E-state index in [1.165, 1.54) is 19.2 Å². The Balaban J connectivity index is 1.23. The Morgan fingerprint density at radius 1 is 1.03 bits per heavy atom. The van der Waals surface area contributed by atoms with E-state index in [4.69, 9.17) is 40.3 Å². The highest BCUT2D eigenvalue weighted by Crippen LogP contribution is 2.52. The van der Waals surface area contributed by atoms with Crippen LogP contribution in [0, 0.1) is 18.7 Å². The number of carboxylic acid groups (broad SMARTS) is 1. The number of fused-ring (bicyclic) bond motifs is 1. The Morgan fingerprint density at radius 2 is 1.70 bits per heavy atom. The summed E-state index contributed by atoms with van der Waals surface area (Å²) in [5.74, 6) is 0.499. The fourth-order valence-electron chi connectivity index (χ4n) is 9.06. The average Bonchev–Trinajstić information content (AvgIpc) is 3.84. The maximum Gasteiger partial charge on any atom is 0.418 e. The number of carbonyl (C=O) groups is 1. The summed E-state index contributed by atoms with van der Waals surface area (Å²) < 4.78 is 93.4. The van der Waals surface area contributed by atoms with Gasteiger partial charge in [0, 0.05) is 24.8 Å². The quantitative estimate of drug-likeness (QED) is 0.0998. The molecule has 1 amide bonds. The van der Waals surface area contributed by atoms with E-state index in [9.17, 15) is 9.90 Å². The minimum absolute atomic E-state index is 0.0318. The molecule has 1 aliphatic carbocycles. The summed E-state index contributed by atoms with van der Waals surface area (Å²) in [5.41, 5.74) is -1.85. The molecule has 4 aliphatic rings. The molecule has 6 aromatic rings. The second kappa shape index (κ2) is 17.6. The lowest BCUT2D eigenvalue weighted by Crippen LogP contribution is -2.42. The number of benzene rings is 3. The Hall–Kier alpha value is -6.66. The molecule has 0 spiro atoms. The minimum atomic E-state index is -5.02. The number of nitrogens with zero attached hydrogens (tertiary/aromatic N) is 6. The van der Waals surface area contributed by atoms with Crippen LogP contribution in [0.4, 0.5) is 39.8 Å². The molecule has 19 heteroatoms. The van der Waals surface area contributed by atoms with Crippen LogP contribution in [0.15, 0.2) is 72.9 Å². The zero-order valence-electron chi connectivity index (χ0n) is 36.2. The minimum Gasteiger partial charge on any atom is -0.497 e. The SMILES string of the molecule is COc1ccc(CN(Cc2ccc(OC)cc2)c2cc(C)c(C(F)(F)F)c(-c3c(Cl)c4c5c(nc(OCC67CC(CO6)C7)nc5c3F)N(C(C)c3cccnc3NC(=O)O)CCO4)n2)cc1. The van der Waals surface area contributed by atoms with E-state index >= 15 is 17.6 Å². The van der Waals surface area contributed by atoms with Gasteiger partial charge < -0.3 is 38.6 Å². The van der Waals surface area contributed by atoms with Crippen molar-refractivity contribution in [1.82, 2.24) is 19.9 Å². The van der Waals surface area contributed by atoms with Crippen molar-refractivity contribution in [1.29, 1.82) is 0 Å². The predicted octanol–water partition coefficient (Wildman–Crippen LogP) is 10.0. The van der Waals surface area contributed by atoms with E-state index in [1.807, 2.05) is 24.3 Å². The van der Waals surface area contributed by atoms with Crippen molar-refractivity contribution in [3.05, 3.63) is 112 Å². The zero-order valence-corrected chi connectivity index (χ0v) is 37.0. The summed E-state index contributed by atoms with van der Waals surface area (Å²) in [6.07, 6.45) is -3.40. The van der Waals surface area contributed by atoms with Gasteiger partial charge in [0.2, 0.25) is 0 Å². The monoisotopic (exact) mass is 929 g/mol. The van der Waals surface area contributed by atoms with Crippen molar-refractivity contribution < 1.29 is 51.1 Å². The number of aromatic nitrogens is 4. The Morgan fingerprint density at radius 3 is 2.29 bits per heavy atom. The number of hydrogen-bond acceptors (Lipinski definition) is 12. The van der Waals surface area contributed by atoms with Crippen molar-refractivity contribution in [2.75, 3.05) is 55.7 Å². The fraction of sp³-hybridized carbons (Fsp3) is 0.340. The lowest BCUT2D eigenvalue weighted by atomic mass is 9.75. The van der Waals surface area contributed by atoms with Crippen LogP contribution < -0.4 is 34.1 Å². The molecular formula is C47H44ClF4N7O7. The molecule has 14 nitrogen and oxygen atoms in total. The van der Waals surface area contributed by atoms with Crippen LogP contribution in [0.2, 0.25) is 5.02 Å². The first-order valence-electron chi connectivity index (χ1n) is 21.1. The molecule has 3 aromatic carbocycles. The van der Waals surface area contributed by atoms with Gasteiger partial charge in [-0.3, -0.25) is 5.32 Å². The molecule has 2 saturated heterocycles. The predicted molar refractivity (Wildman–Crippen MR) is 237 cm³/mol. The van der Waals surface area contributed by atoms with Crippen molar-refractivity contribution in [2.24, 2.45) is 5.92 Å².